The van der Waals surface area contributed by atoms with Crippen LogP contribution in [0.1, 0.15) is 19.8 Å². The van der Waals surface area contributed by atoms with Crippen molar-refractivity contribution in [2.45, 2.75) is 31.9 Å². The standard InChI is InChI=1S/C12H17FN2O/c1-8(12-3-2-6-16-12)15-11-5-4-9(13)7-10(11)14/h4-5,7-8,12,15H,2-3,6,14H2,1H3. The van der Waals surface area contributed by atoms with E-state index in [0.29, 0.717) is 5.69 Å². The van der Waals surface area contributed by atoms with Gasteiger partial charge in [-0.3, -0.25) is 0 Å². The van der Waals surface area contributed by atoms with Crippen molar-refractivity contribution < 1.29 is 9.13 Å². The molecule has 1 aromatic rings. The topological polar surface area (TPSA) is 47.3 Å². The monoisotopic (exact) mass is 224 g/mol. The molecule has 0 saturated carbocycles. The first-order valence-corrected chi connectivity index (χ1v) is 5.60. The molecule has 16 heavy (non-hydrogen) atoms. The number of nitrogens with one attached hydrogen (secondary N) is 1. The summed E-state index contributed by atoms with van der Waals surface area (Å²) in [6.07, 6.45) is 2.40. The molecule has 1 fully saturated rings. The lowest BCUT2D eigenvalue weighted by atomic mass is 10.1. The Morgan fingerprint density at radius 1 is 1.56 bits per heavy atom. The van der Waals surface area contributed by atoms with Crippen molar-refractivity contribution in [1.29, 1.82) is 0 Å². The number of nitrogens with two attached hydrogens (primary N) is 1. The summed E-state index contributed by atoms with van der Waals surface area (Å²) in [5.41, 5.74) is 6.93. The van der Waals surface area contributed by atoms with Gasteiger partial charge in [0.05, 0.1) is 17.5 Å². The molecule has 2 rings (SSSR count). The number of nitrogen functional groups attached to an aromatic ring is 1. The number of hydrogen-bond donors (Lipinski definition) is 2. The van der Waals surface area contributed by atoms with Crippen LogP contribution in [-0.4, -0.2) is 18.8 Å². The second-order valence-corrected chi connectivity index (χ2v) is 4.22. The van der Waals surface area contributed by atoms with Crippen LogP contribution in [0.15, 0.2) is 18.2 Å². The molecule has 4 heteroatoms. The van der Waals surface area contributed by atoms with Gasteiger partial charge in [0.15, 0.2) is 0 Å². The molecule has 1 saturated heterocycles. The summed E-state index contributed by atoms with van der Waals surface area (Å²) in [5.74, 6) is -0.312. The molecule has 0 aliphatic carbocycles. The van der Waals surface area contributed by atoms with Gasteiger partial charge in [-0.05, 0) is 38.0 Å². The van der Waals surface area contributed by atoms with Crippen molar-refractivity contribution in [2.75, 3.05) is 17.7 Å². The third-order valence-corrected chi connectivity index (χ3v) is 2.92. The summed E-state index contributed by atoms with van der Waals surface area (Å²) >= 11 is 0. The highest BCUT2D eigenvalue weighted by Crippen LogP contribution is 2.23. The summed E-state index contributed by atoms with van der Waals surface area (Å²) < 4.78 is 18.4. The fourth-order valence-corrected chi connectivity index (χ4v) is 2.00. The van der Waals surface area contributed by atoms with Gasteiger partial charge in [0, 0.05) is 12.6 Å². The first-order valence-electron chi connectivity index (χ1n) is 5.60. The van der Waals surface area contributed by atoms with Crippen molar-refractivity contribution in [2.24, 2.45) is 0 Å². The van der Waals surface area contributed by atoms with E-state index < -0.39 is 0 Å². The molecule has 1 aromatic carbocycles. The van der Waals surface area contributed by atoms with E-state index in [1.165, 1.54) is 12.1 Å². The van der Waals surface area contributed by atoms with E-state index in [9.17, 15) is 4.39 Å². The van der Waals surface area contributed by atoms with Crippen LogP contribution in [0.3, 0.4) is 0 Å². The second kappa shape index (κ2) is 4.70. The highest BCUT2D eigenvalue weighted by molar-refractivity contribution is 5.66. The minimum absolute atomic E-state index is 0.190. The molecule has 1 aliphatic rings. The van der Waals surface area contributed by atoms with Crippen molar-refractivity contribution in [3.05, 3.63) is 24.0 Å². The molecule has 0 bridgehead atoms. The smallest absolute Gasteiger partial charge is 0.125 e. The average Bonchev–Trinajstić information content (AvgIpc) is 2.75. The molecule has 3 N–H and O–H groups in total. The zero-order valence-electron chi connectivity index (χ0n) is 9.37. The maximum atomic E-state index is 12.9. The Hall–Kier alpha value is -1.29. The molecular formula is C12H17FN2O. The molecule has 0 aromatic heterocycles. The van der Waals surface area contributed by atoms with Crippen LogP contribution in [0.5, 0.6) is 0 Å². The summed E-state index contributed by atoms with van der Waals surface area (Å²) in [4.78, 5) is 0. The largest absolute Gasteiger partial charge is 0.397 e. The van der Waals surface area contributed by atoms with Crippen molar-refractivity contribution in [3.63, 3.8) is 0 Å². The zero-order chi connectivity index (χ0) is 11.5. The van der Waals surface area contributed by atoms with Crippen LogP contribution in [0.4, 0.5) is 15.8 Å². The molecule has 1 aliphatic heterocycles. The van der Waals surface area contributed by atoms with E-state index in [2.05, 4.69) is 12.2 Å². The Morgan fingerprint density at radius 3 is 3.00 bits per heavy atom. The molecule has 0 spiro atoms. The number of benzene rings is 1. The summed E-state index contributed by atoms with van der Waals surface area (Å²) in [5, 5.41) is 3.26. The Morgan fingerprint density at radius 2 is 2.38 bits per heavy atom. The van der Waals surface area contributed by atoms with Gasteiger partial charge in [-0.15, -0.1) is 0 Å². The highest BCUT2D eigenvalue weighted by Gasteiger charge is 2.22. The number of anilines is 2. The van der Waals surface area contributed by atoms with Gasteiger partial charge in [0.2, 0.25) is 0 Å². The minimum Gasteiger partial charge on any atom is -0.397 e. The molecule has 0 amide bonds. The minimum atomic E-state index is -0.312. The maximum absolute atomic E-state index is 12.9. The predicted octanol–water partition coefficient (Wildman–Crippen LogP) is 2.39. The Labute approximate surface area is 94.8 Å². The maximum Gasteiger partial charge on any atom is 0.125 e. The lowest BCUT2D eigenvalue weighted by Crippen LogP contribution is -2.30. The van der Waals surface area contributed by atoms with Crippen molar-refractivity contribution in [3.8, 4) is 0 Å². The van der Waals surface area contributed by atoms with Gasteiger partial charge in [0.1, 0.15) is 5.82 Å². The lowest BCUT2D eigenvalue weighted by molar-refractivity contribution is 0.0997. The molecule has 88 valence electrons. The van der Waals surface area contributed by atoms with Gasteiger partial charge in [-0.2, -0.15) is 0 Å². The van der Waals surface area contributed by atoms with Gasteiger partial charge >= 0.3 is 0 Å². The van der Waals surface area contributed by atoms with Gasteiger partial charge in [0.25, 0.3) is 0 Å². The number of halogens is 1. The normalized spacial score (nSPS) is 22.0. The molecule has 1 heterocycles. The SMILES string of the molecule is CC(Nc1ccc(F)cc1N)C1CCCO1. The third-order valence-electron chi connectivity index (χ3n) is 2.92. The Balaban J connectivity index is 2.02. The highest BCUT2D eigenvalue weighted by atomic mass is 19.1. The van der Waals surface area contributed by atoms with E-state index in [-0.39, 0.29) is 18.0 Å². The number of rotatable bonds is 3. The fourth-order valence-electron chi connectivity index (χ4n) is 2.00. The lowest BCUT2D eigenvalue weighted by Gasteiger charge is -2.22. The van der Waals surface area contributed by atoms with E-state index in [4.69, 9.17) is 10.5 Å². The number of ether oxygens (including phenoxy) is 1. The zero-order valence-corrected chi connectivity index (χ0v) is 9.37. The molecule has 0 radical (unpaired) electrons. The van der Waals surface area contributed by atoms with E-state index in [0.717, 1.165) is 25.1 Å². The summed E-state index contributed by atoms with van der Waals surface area (Å²) in [7, 11) is 0. The van der Waals surface area contributed by atoms with Crippen LogP contribution < -0.4 is 11.1 Å². The van der Waals surface area contributed by atoms with E-state index >= 15 is 0 Å². The summed E-state index contributed by atoms with van der Waals surface area (Å²) in [6, 6.07) is 4.58. The number of hydrogen-bond acceptors (Lipinski definition) is 3. The van der Waals surface area contributed by atoms with E-state index in [1.807, 2.05) is 0 Å². The molecule has 3 nitrogen and oxygen atoms in total. The van der Waals surface area contributed by atoms with E-state index in [1.54, 1.807) is 6.07 Å². The molecule has 2 unspecified atom stereocenters. The van der Waals surface area contributed by atoms with Crippen LogP contribution >= 0.6 is 0 Å². The Kier molecular flexibility index (Phi) is 3.29. The molecule has 2 atom stereocenters. The van der Waals surface area contributed by atoms with Crippen LogP contribution in [0.25, 0.3) is 0 Å². The van der Waals surface area contributed by atoms with Gasteiger partial charge in [-0.1, -0.05) is 0 Å². The van der Waals surface area contributed by atoms with Gasteiger partial charge in [-0.25, -0.2) is 4.39 Å². The second-order valence-electron chi connectivity index (χ2n) is 4.22. The van der Waals surface area contributed by atoms with Crippen molar-refractivity contribution in [1.82, 2.24) is 0 Å². The van der Waals surface area contributed by atoms with Crippen LogP contribution in [0.2, 0.25) is 0 Å². The first kappa shape index (κ1) is 11.2. The molecular weight excluding hydrogens is 207 g/mol. The Bertz CT molecular complexity index is 364. The van der Waals surface area contributed by atoms with Gasteiger partial charge < -0.3 is 15.8 Å². The quantitative estimate of drug-likeness (QED) is 0.775. The third kappa shape index (κ3) is 2.44. The fraction of sp³-hybridized carbons (Fsp3) is 0.500. The van der Waals surface area contributed by atoms with Crippen molar-refractivity contribution >= 4 is 11.4 Å². The average molecular weight is 224 g/mol. The summed E-state index contributed by atoms with van der Waals surface area (Å²) in [6.45, 7) is 2.88. The van der Waals surface area contributed by atoms with Crippen LogP contribution in [-0.2, 0) is 4.74 Å². The van der Waals surface area contributed by atoms with Crippen LogP contribution in [0, 0.1) is 5.82 Å². The predicted molar refractivity (Wildman–Crippen MR) is 62.9 cm³/mol. The first-order chi connectivity index (χ1) is 7.66.